The van der Waals surface area contributed by atoms with Crippen molar-refractivity contribution in [1.29, 1.82) is 0 Å². The molecule has 0 radical (unpaired) electrons. The van der Waals surface area contributed by atoms with Crippen molar-refractivity contribution in [2.75, 3.05) is 37.7 Å². The van der Waals surface area contributed by atoms with E-state index in [0.29, 0.717) is 54.6 Å². The molecule has 11 heteroatoms. The average molecular weight is 539 g/mol. The minimum absolute atomic E-state index is 0.0688. The maximum Gasteiger partial charge on any atom is 0.258 e. The van der Waals surface area contributed by atoms with Gasteiger partial charge in [0.1, 0.15) is 11.6 Å². The van der Waals surface area contributed by atoms with Crippen molar-refractivity contribution in [3.63, 3.8) is 0 Å². The zero-order valence-electron chi connectivity index (χ0n) is 21.3. The number of aliphatic hydroxyl groups is 1. The molecular formula is C27H31ClN6O4. The number of carbonyl (C=O) groups is 2. The summed E-state index contributed by atoms with van der Waals surface area (Å²) in [6.07, 6.45) is 3.00. The number of fused-ring (bicyclic) bond motifs is 4. The lowest BCUT2D eigenvalue weighted by molar-refractivity contribution is -0.123. The van der Waals surface area contributed by atoms with Gasteiger partial charge >= 0.3 is 0 Å². The zero-order chi connectivity index (χ0) is 26.4. The predicted molar refractivity (Wildman–Crippen MR) is 142 cm³/mol. The highest BCUT2D eigenvalue weighted by molar-refractivity contribution is 6.31. The molecule has 2 fully saturated rings. The first kappa shape index (κ1) is 24.9. The molecular weight excluding hydrogens is 508 g/mol. The molecule has 0 saturated carbocycles. The maximum absolute atomic E-state index is 13.9. The van der Waals surface area contributed by atoms with Crippen LogP contribution >= 0.6 is 11.6 Å². The number of halogens is 1. The Morgan fingerprint density at radius 1 is 1.13 bits per heavy atom. The fourth-order valence-electron chi connectivity index (χ4n) is 5.52. The number of carbonyl (C=O) groups excluding carboxylic acids is 2. The highest BCUT2D eigenvalue weighted by Gasteiger charge is 2.33. The van der Waals surface area contributed by atoms with E-state index in [2.05, 4.69) is 12.2 Å². The largest absolute Gasteiger partial charge is 0.483 e. The average Bonchev–Trinajstić information content (AvgIpc) is 3.33. The van der Waals surface area contributed by atoms with Crippen LogP contribution in [0.2, 0.25) is 5.02 Å². The minimum Gasteiger partial charge on any atom is -0.483 e. The molecule has 2 bridgehead atoms. The lowest BCUT2D eigenvalue weighted by atomic mass is 9.98. The van der Waals surface area contributed by atoms with Crippen molar-refractivity contribution < 1.29 is 19.4 Å². The molecule has 2 aromatic heterocycles. The molecule has 2 atom stereocenters. The van der Waals surface area contributed by atoms with E-state index in [1.165, 1.54) is 0 Å². The van der Waals surface area contributed by atoms with Gasteiger partial charge in [-0.3, -0.25) is 9.59 Å². The van der Waals surface area contributed by atoms with Gasteiger partial charge in [0.15, 0.2) is 12.3 Å². The van der Waals surface area contributed by atoms with Gasteiger partial charge in [0.2, 0.25) is 0 Å². The number of amides is 2. The fourth-order valence-corrected chi connectivity index (χ4v) is 5.69. The monoisotopic (exact) mass is 538 g/mol. The van der Waals surface area contributed by atoms with Gasteiger partial charge in [-0.25, -0.2) is 9.50 Å². The van der Waals surface area contributed by atoms with Crippen LogP contribution in [0.15, 0.2) is 30.3 Å². The number of aromatic nitrogens is 3. The first-order valence-electron chi connectivity index (χ1n) is 13.2. The van der Waals surface area contributed by atoms with Gasteiger partial charge in [-0.15, -0.1) is 0 Å². The van der Waals surface area contributed by atoms with Crippen molar-refractivity contribution in [1.82, 2.24) is 24.8 Å². The third-order valence-corrected chi connectivity index (χ3v) is 7.92. The highest BCUT2D eigenvalue weighted by Crippen LogP contribution is 2.35. The third kappa shape index (κ3) is 4.67. The number of nitrogens with zero attached hydrogens (tertiary/aromatic N) is 5. The number of ether oxygens (including phenoxy) is 1. The van der Waals surface area contributed by atoms with E-state index in [-0.39, 0.29) is 36.5 Å². The second-order valence-electron chi connectivity index (χ2n) is 10.4. The van der Waals surface area contributed by atoms with Crippen LogP contribution in [0, 0.1) is 0 Å². The highest BCUT2D eigenvalue weighted by atomic mass is 35.5. The van der Waals surface area contributed by atoms with E-state index in [1.807, 2.05) is 26.4 Å². The van der Waals surface area contributed by atoms with E-state index in [9.17, 15) is 14.7 Å². The van der Waals surface area contributed by atoms with Gasteiger partial charge in [-0.1, -0.05) is 18.5 Å². The van der Waals surface area contributed by atoms with Crippen LogP contribution in [0.1, 0.15) is 66.3 Å². The van der Waals surface area contributed by atoms with Crippen LogP contribution in [-0.4, -0.2) is 75.3 Å². The van der Waals surface area contributed by atoms with E-state index in [4.69, 9.17) is 26.4 Å². The summed E-state index contributed by atoms with van der Waals surface area (Å²) in [5, 5.41) is 18.2. The predicted octanol–water partition coefficient (Wildman–Crippen LogP) is 2.93. The summed E-state index contributed by atoms with van der Waals surface area (Å²) in [6, 6.07) is 8.67. The lowest BCUT2D eigenvalue weighted by Gasteiger charge is -2.37. The van der Waals surface area contributed by atoms with Gasteiger partial charge in [0.25, 0.3) is 11.8 Å². The van der Waals surface area contributed by atoms with Crippen LogP contribution in [0.4, 0.5) is 5.82 Å². The van der Waals surface area contributed by atoms with Crippen LogP contribution in [0.3, 0.4) is 0 Å². The van der Waals surface area contributed by atoms with Crippen molar-refractivity contribution in [2.45, 2.75) is 50.7 Å². The molecule has 6 rings (SSSR count). The molecule has 2 amide bonds. The Labute approximate surface area is 225 Å². The standard InChI is InChI=1S/C27H31ClN6O4/c1-16-7-8-29-26(36)15-38-23-6-5-17(28)10-19(23)27(37)33-9-3-2-4-21(33)20-11-25-30-24(32-13-18(35)14-32)12-22(16)34(25)31-20/h5-6,10-12,16,18,21,35H,2-4,7-9,13-15H2,1H3,(H,29,36). The molecule has 5 heterocycles. The van der Waals surface area contributed by atoms with E-state index >= 15 is 0 Å². The first-order chi connectivity index (χ1) is 18.4. The number of β-amino-alcohol motifs (C(OH)–C–C–N with tert-alkyl or cyclic N) is 1. The molecule has 3 aliphatic heterocycles. The fraction of sp³-hybridized carbons (Fsp3) is 0.481. The van der Waals surface area contributed by atoms with E-state index in [0.717, 1.165) is 36.5 Å². The quantitative estimate of drug-likeness (QED) is 0.490. The number of nitrogens with one attached hydrogen (secondary N) is 1. The molecule has 0 spiro atoms. The SMILES string of the molecule is CC1CCNC(=O)COc2ccc(Cl)cc2C(=O)N2CCCCC2c2cc3nc(N4CC(O)C4)cc1n3n2. The summed E-state index contributed by atoms with van der Waals surface area (Å²) >= 11 is 6.27. The van der Waals surface area contributed by atoms with Crippen molar-refractivity contribution in [3.8, 4) is 5.75 Å². The Hall–Kier alpha value is -3.37. The van der Waals surface area contributed by atoms with Crippen LogP contribution in [0.25, 0.3) is 5.65 Å². The molecule has 3 aliphatic rings. The molecule has 38 heavy (non-hydrogen) atoms. The van der Waals surface area contributed by atoms with Crippen LogP contribution in [-0.2, 0) is 4.79 Å². The normalized spacial score (nSPS) is 23.0. The number of hydrogen-bond acceptors (Lipinski definition) is 7. The zero-order valence-corrected chi connectivity index (χ0v) is 22.0. The Bertz CT molecular complexity index is 1390. The Morgan fingerprint density at radius 3 is 2.79 bits per heavy atom. The van der Waals surface area contributed by atoms with E-state index in [1.54, 1.807) is 18.2 Å². The molecule has 2 saturated heterocycles. The molecule has 2 unspecified atom stereocenters. The van der Waals surface area contributed by atoms with Crippen molar-refractivity contribution >= 4 is 34.9 Å². The lowest BCUT2D eigenvalue weighted by Crippen LogP contribution is -2.51. The number of anilines is 1. The maximum atomic E-state index is 13.9. The van der Waals surface area contributed by atoms with Gasteiger partial charge in [0.05, 0.1) is 29.1 Å². The summed E-state index contributed by atoms with van der Waals surface area (Å²) in [7, 11) is 0. The Kier molecular flexibility index (Phi) is 6.61. The van der Waals surface area contributed by atoms with Gasteiger partial charge in [-0.2, -0.15) is 5.10 Å². The van der Waals surface area contributed by atoms with Crippen molar-refractivity contribution in [2.24, 2.45) is 0 Å². The summed E-state index contributed by atoms with van der Waals surface area (Å²) in [5.74, 6) is 0.740. The number of benzene rings is 1. The minimum atomic E-state index is -0.348. The number of aliphatic hydroxyl groups excluding tert-OH is 1. The summed E-state index contributed by atoms with van der Waals surface area (Å²) < 4.78 is 7.68. The summed E-state index contributed by atoms with van der Waals surface area (Å²) in [5.41, 5.74) is 2.81. The van der Waals surface area contributed by atoms with Crippen LogP contribution < -0.4 is 15.0 Å². The molecule has 3 aromatic rings. The van der Waals surface area contributed by atoms with Gasteiger partial charge in [-0.05, 0) is 43.9 Å². The van der Waals surface area contributed by atoms with Crippen molar-refractivity contribution in [3.05, 3.63) is 52.3 Å². The number of piperidine rings is 1. The Morgan fingerprint density at radius 2 is 1.97 bits per heavy atom. The molecule has 0 aliphatic carbocycles. The first-order valence-corrected chi connectivity index (χ1v) is 13.6. The molecule has 2 N–H and O–H groups in total. The van der Waals surface area contributed by atoms with Gasteiger partial charge < -0.3 is 25.0 Å². The molecule has 200 valence electrons. The second-order valence-corrected chi connectivity index (χ2v) is 10.9. The molecule has 1 aromatic carbocycles. The smallest absolute Gasteiger partial charge is 0.258 e. The summed E-state index contributed by atoms with van der Waals surface area (Å²) in [4.78, 5) is 35.2. The van der Waals surface area contributed by atoms with Crippen LogP contribution in [0.5, 0.6) is 5.75 Å². The van der Waals surface area contributed by atoms with E-state index < -0.39 is 0 Å². The second kappa shape index (κ2) is 10.1. The number of rotatable bonds is 1. The van der Waals surface area contributed by atoms with Gasteiger partial charge in [0, 0.05) is 49.3 Å². The Balaban J connectivity index is 1.46. The third-order valence-electron chi connectivity index (χ3n) is 7.69. The number of hydrogen-bond donors (Lipinski definition) is 2. The topological polar surface area (TPSA) is 112 Å². The summed E-state index contributed by atoms with van der Waals surface area (Å²) in [6.45, 7) is 4.04. The molecule has 10 nitrogen and oxygen atoms in total.